The van der Waals surface area contributed by atoms with Crippen molar-refractivity contribution in [2.45, 2.75) is 122 Å². The molecule has 0 saturated heterocycles. The molecule has 226 valence electrons. The Morgan fingerprint density at radius 2 is 0.976 bits per heavy atom. The van der Waals surface area contributed by atoms with E-state index in [1.807, 2.05) is 0 Å². The molecule has 0 aliphatic heterocycles. The molecule has 0 unspecified atom stereocenters. The van der Waals surface area contributed by atoms with Gasteiger partial charge in [0.2, 0.25) is 0 Å². The molecule has 0 amide bonds. The lowest BCUT2D eigenvalue weighted by Gasteiger charge is -2.33. The number of rotatable bonds is 24. The highest BCUT2D eigenvalue weighted by Crippen LogP contribution is 2.53. The Bertz CT molecular complexity index is 917. The molecule has 6 heteroatoms. The van der Waals surface area contributed by atoms with E-state index in [1.54, 1.807) is 0 Å². The van der Waals surface area contributed by atoms with Crippen LogP contribution in [0.3, 0.4) is 0 Å². The van der Waals surface area contributed by atoms with Crippen LogP contribution >= 0.6 is 0 Å². The first kappa shape index (κ1) is 33.9. The summed E-state index contributed by atoms with van der Waals surface area (Å²) >= 11 is 0. The molecule has 0 bridgehead atoms. The third-order valence-corrected chi connectivity index (χ3v) is 8.83. The maximum absolute atomic E-state index is 9.16. The van der Waals surface area contributed by atoms with Crippen molar-refractivity contribution in [3.8, 4) is 11.1 Å². The SMILES string of the molecule is CCCCCCCCC1(CCCCCCCC)c2cc(BOCCCO)ccc2-c2ccc(BOCCCO)cc21. The monoisotopic (exact) mass is 562 g/mol. The Kier molecular flexibility index (Phi) is 16.2. The van der Waals surface area contributed by atoms with Gasteiger partial charge in [-0.25, -0.2) is 0 Å². The van der Waals surface area contributed by atoms with Gasteiger partial charge in [-0.1, -0.05) is 138 Å². The van der Waals surface area contributed by atoms with E-state index in [2.05, 4.69) is 50.2 Å². The Morgan fingerprint density at radius 3 is 1.39 bits per heavy atom. The quantitative estimate of drug-likeness (QED) is 0.118. The summed E-state index contributed by atoms with van der Waals surface area (Å²) in [7, 11) is 1.19. The Morgan fingerprint density at radius 1 is 0.561 bits per heavy atom. The van der Waals surface area contributed by atoms with Crippen molar-refractivity contribution in [3.63, 3.8) is 0 Å². The van der Waals surface area contributed by atoms with E-state index in [4.69, 9.17) is 19.5 Å². The minimum atomic E-state index is 0.0302. The molecule has 0 radical (unpaired) electrons. The van der Waals surface area contributed by atoms with E-state index in [1.165, 1.54) is 123 Å². The van der Waals surface area contributed by atoms with Crippen molar-refractivity contribution in [2.75, 3.05) is 26.4 Å². The maximum atomic E-state index is 9.16. The summed E-state index contributed by atoms with van der Waals surface area (Å²) in [5, 5.41) is 18.3. The van der Waals surface area contributed by atoms with Crippen molar-refractivity contribution in [1.82, 2.24) is 0 Å². The molecule has 0 spiro atoms. The molecule has 3 rings (SSSR count). The minimum Gasteiger partial charge on any atom is -0.434 e. The average Bonchev–Trinajstić information content (AvgIpc) is 3.25. The van der Waals surface area contributed by atoms with E-state index in [0.29, 0.717) is 41.0 Å². The van der Waals surface area contributed by atoms with Crippen LogP contribution in [0, 0.1) is 0 Å². The zero-order chi connectivity index (χ0) is 29.2. The van der Waals surface area contributed by atoms with Crippen molar-refractivity contribution in [1.29, 1.82) is 0 Å². The second-order valence-electron chi connectivity index (χ2n) is 12.1. The van der Waals surface area contributed by atoms with E-state index < -0.39 is 0 Å². The molecule has 0 aromatic heterocycles. The standard InChI is InChI=1S/C35H56B2O4/c1-3-5-7-9-11-13-21-35(22-14-12-10-8-6-4-2)33-27-29(36-40-25-15-23-38)17-19-31(33)32-20-18-30(28-34(32)35)37-41-26-16-24-39/h17-20,27-28,36-39H,3-16,21-26H2,1-2H3. The first-order valence-electron chi connectivity index (χ1n) is 16.8. The van der Waals surface area contributed by atoms with Crippen LogP contribution in [0.25, 0.3) is 11.1 Å². The van der Waals surface area contributed by atoms with Crippen molar-refractivity contribution < 1.29 is 19.5 Å². The van der Waals surface area contributed by atoms with Gasteiger partial charge in [0.05, 0.1) is 0 Å². The number of hydrogen-bond acceptors (Lipinski definition) is 4. The fourth-order valence-corrected chi connectivity index (χ4v) is 6.56. The van der Waals surface area contributed by atoms with E-state index >= 15 is 0 Å². The van der Waals surface area contributed by atoms with E-state index in [-0.39, 0.29) is 18.6 Å². The van der Waals surface area contributed by atoms with Gasteiger partial charge in [0.25, 0.3) is 0 Å². The molecule has 0 atom stereocenters. The maximum Gasteiger partial charge on any atom is 0.308 e. The summed E-state index contributed by atoms with van der Waals surface area (Å²) in [6.07, 6.45) is 19.5. The topological polar surface area (TPSA) is 58.9 Å². The molecule has 2 aromatic carbocycles. The smallest absolute Gasteiger partial charge is 0.308 e. The average molecular weight is 562 g/mol. The van der Waals surface area contributed by atoms with Crippen LogP contribution in [0.2, 0.25) is 0 Å². The number of fused-ring (bicyclic) bond motifs is 3. The van der Waals surface area contributed by atoms with Gasteiger partial charge in [-0.2, -0.15) is 0 Å². The first-order chi connectivity index (χ1) is 20.2. The fourth-order valence-electron chi connectivity index (χ4n) is 6.56. The van der Waals surface area contributed by atoms with Crippen LogP contribution in [0.1, 0.15) is 128 Å². The van der Waals surface area contributed by atoms with Crippen molar-refractivity contribution in [3.05, 3.63) is 47.5 Å². The highest BCUT2D eigenvalue weighted by molar-refractivity contribution is 6.47. The predicted octanol–water partition coefficient (Wildman–Crippen LogP) is 6.21. The lowest BCUT2D eigenvalue weighted by molar-refractivity contribution is 0.240. The third-order valence-electron chi connectivity index (χ3n) is 8.83. The fraction of sp³-hybridized carbons (Fsp3) is 0.657. The first-order valence-corrected chi connectivity index (χ1v) is 16.8. The summed E-state index contributed by atoms with van der Waals surface area (Å²) in [6.45, 7) is 6.11. The Balaban J connectivity index is 1.92. The largest absolute Gasteiger partial charge is 0.434 e. The number of aliphatic hydroxyl groups excluding tert-OH is 2. The molecular weight excluding hydrogens is 506 g/mol. The lowest BCUT2D eigenvalue weighted by Crippen LogP contribution is -2.29. The van der Waals surface area contributed by atoms with E-state index in [9.17, 15) is 0 Å². The molecule has 2 N–H and O–H groups in total. The second kappa shape index (κ2) is 19.6. The molecule has 0 heterocycles. The minimum absolute atomic E-state index is 0.0302. The molecule has 1 aliphatic rings. The van der Waals surface area contributed by atoms with Gasteiger partial charge in [-0.15, -0.1) is 0 Å². The van der Waals surface area contributed by atoms with Gasteiger partial charge in [0, 0.05) is 31.8 Å². The summed E-state index contributed by atoms with van der Waals surface area (Å²) in [5.41, 5.74) is 8.28. The van der Waals surface area contributed by atoms with Crippen LogP contribution in [-0.4, -0.2) is 51.6 Å². The van der Waals surface area contributed by atoms with Crippen LogP contribution in [0.15, 0.2) is 36.4 Å². The molecule has 41 heavy (non-hydrogen) atoms. The highest BCUT2D eigenvalue weighted by atomic mass is 16.4. The van der Waals surface area contributed by atoms with Gasteiger partial charge in [-0.05, 0) is 47.9 Å². The number of unbranched alkanes of at least 4 members (excludes halogenated alkanes) is 10. The van der Waals surface area contributed by atoms with Crippen LogP contribution in [-0.2, 0) is 14.7 Å². The highest BCUT2D eigenvalue weighted by Gasteiger charge is 2.42. The van der Waals surface area contributed by atoms with Gasteiger partial charge in [0.15, 0.2) is 0 Å². The Hall–Kier alpha value is -1.59. The molecule has 4 nitrogen and oxygen atoms in total. The van der Waals surface area contributed by atoms with Crippen LogP contribution in [0.4, 0.5) is 0 Å². The normalized spacial score (nSPS) is 13.3. The van der Waals surface area contributed by atoms with Gasteiger partial charge in [0.1, 0.15) is 0 Å². The van der Waals surface area contributed by atoms with Gasteiger partial charge in [-0.3, -0.25) is 0 Å². The summed E-state index contributed by atoms with van der Waals surface area (Å²) in [4.78, 5) is 0. The number of aliphatic hydroxyl groups is 2. The van der Waals surface area contributed by atoms with Gasteiger partial charge >= 0.3 is 15.0 Å². The van der Waals surface area contributed by atoms with Gasteiger partial charge < -0.3 is 19.5 Å². The third kappa shape index (κ3) is 10.3. The second-order valence-corrected chi connectivity index (χ2v) is 12.1. The summed E-state index contributed by atoms with van der Waals surface area (Å²) in [5.74, 6) is 0. The van der Waals surface area contributed by atoms with Crippen LogP contribution in [0.5, 0.6) is 0 Å². The molecule has 0 fully saturated rings. The predicted molar refractivity (Wildman–Crippen MR) is 178 cm³/mol. The van der Waals surface area contributed by atoms with Crippen molar-refractivity contribution >= 4 is 25.9 Å². The number of hydrogen-bond donors (Lipinski definition) is 2. The van der Waals surface area contributed by atoms with E-state index in [0.717, 1.165) is 0 Å². The zero-order valence-electron chi connectivity index (χ0n) is 26.2. The lowest BCUT2D eigenvalue weighted by atomic mass is 9.68. The summed E-state index contributed by atoms with van der Waals surface area (Å²) < 4.78 is 11.9. The van der Waals surface area contributed by atoms with Crippen LogP contribution < -0.4 is 10.9 Å². The Labute approximate surface area is 252 Å². The van der Waals surface area contributed by atoms with Crippen molar-refractivity contribution in [2.24, 2.45) is 0 Å². The molecular formula is C35H56B2O4. The number of benzene rings is 2. The summed E-state index contributed by atoms with van der Waals surface area (Å²) in [6, 6.07) is 14.0. The zero-order valence-corrected chi connectivity index (χ0v) is 26.2. The molecule has 1 aliphatic carbocycles. The molecule has 0 saturated carbocycles. The molecule has 2 aromatic rings.